The van der Waals surface area contributed by atoms with E-state index in [4.69, 9.17) is 32.9 Å². The highest BCUT2D eigenvalue weighted by Gasteiger charge is 2.33. The van der Waals surface area contributed by atoms with Crippen LogP contribution in [0.3, 0.4) is 0 Å². The summed E-state index contributed by atoms with van der Waals surface area (Å²) in [6.07, 6.45) is 3.66. The summed E-state index contributed by atoms with van der Waals surface area (Å²) in [7, 11) is 1.83. The molecular formula is C27H23Cl2FN8O3. The number of hydrogen-bond donors (Lipinski definition) is 1. The molecule has 5 aromatic rings. The number of aromatic nitrogens is 5. The zero-order valence-corrected chi connectivity index (χ0v) is 23.1. The summed E-state index contributed by atoms with van der Waals surface area (Å²) in [5, 5.41) is 19.7. The highest BCUT2D eigenvalue weighted by molar-refractivity contribution is 6.31. The van der Waals surface area contributed by atoms with Gasteiger partial charge in [0.1, 0.15) is 11.9 Å². The minimum atomic E-state index is -0.805. The number of hydrogen-bond acceptors (Lipinski definition) is 8. The van der Waals surface area contributed by atoms with E-state index in [0.29, 0.717) is 22.1 Å². The Kier molecular flexibility index (Phi) is 7.56. The maximum Gasteiger partial charge on any atom is 0.244 e. The van der Waals surface area contributed by atoms with Crippen molar-refractivity contribution in [3.05, 3.63) is 94.6 Å². The predicted octanol–water partition coefficient (Wildman–Crippen LogP) is 4.75. The lowest BCUT2D eigenvalue weighted by molar-refractivity contribution is -0.279. The lowest BCUT2D eigenvalue weighted by Crippen LogP contribution is -2.52. The van der Waals surface area contributed by atoms with Gasteiger partial charge in [-0.05, 0) is 60.5 Å². The number of anilines is 2. The van der Waals surface area contributed by atoms with Gasteiger partial charge in [-0.1, -0.05) is 40.5 Å². The van der Waals surface area contributed by atoms with Crippen LogP contribution >= 0.6 is 23.2 Å². The van der Waals surface area contributed by atoms with Crippen LogP contribution in [-0.4, -0.2) is 55.2 Å². The van der Waals surface area contributed by atoms with Gasteiger partial charge in [0.2, 0.25) is 5.91 Å². The van der Waals surface area contributed by atoms with Crippen molar-refractivity contribution in [3.63, 3.8) is 0 Å². The van der Waals surface area contributed by atoms with E-state index >= 15 is 0 Å². The molecule has 0 bridgehead atoms. The van der Waals surface area contributed by atoms with Crippen molar-refractivity contribution in [2.45, 2.75) is 12.5 Å². The van der Waals surface area contributed by atoms with Gasteiger partial charge >= 0.3 is 0 Å². The zero-order valence-electron chi connectivity index (χ0n) is 21.6. The molecule has 1 aliphatic heterocycles. The topological polar surface area (TPSA) is 103 Å². The maximum absolute atomic E-state index is 13.6. The third kappa shape index (κ3) is 6.01. The van der Waals surface area contributed by atoms with Gasteiger partial charge in [0.25, 0.3) is 0 Å². The fraction of sp³-hybridized carbons (Fsp3) is 0.185. The summed E-state index contributed by atoms with van der Waals surface area (Å²) in [6, 6.07) is 15.8. The molecule has 210 valence electrons. The molecule has 0 spiro atoms. The number of nitrogens with one attached hydrogen (secondary N) is 1. The second-order valence-corrected chi connectivity index (χ2v) is 10.2. The Bertz CT molecular complexity index is 1700. The number of carbonyl (C=O) groups is 1. The number of halogens is 3. The largest absolute Gasteiger partial charge is 0.325 e. The van der Waals surface area contributed by atoms with Gasteiger partial charge in [-0.15, -0.1) is 10.2 Å². The van der Waals surface area contributed by atoms with E-state index in [2.05, 4.69) is 20.7 Å². The number of fused-ring (bicyclic) bond motifs is 1. The molecule has 0 aliphatic carbocycles. The van der Waals surface area contributed by atoms with Crippen LogP contribution in [0.15, 0.2) is 73.1 Å². The van der Waals surface area contributed by atoms with E-state index in [1.807, 2.05) is 25.4 Å². The monoisotopic (exact) mass is 596 g/mol. The minimum Gasteiger partial charge on any atom is -0.325 e. The first-order valence-electron chi connectivity index (χ1n) is 12.5. The third-order valence-electron chi connectivity index (χ3n) is 6.48. The van der Waals surface area contributed by atoms with Crippen molar-refractivity contribution in [3.8, 4) is 5.69 Å². The van der Waals surface area contributed by atoms with E-state index in [1.54, 1.807) is 47.3 Å². The van der Waals surface area contributed by atoms with Gasteiger partial charge in [0.05, 0.1) is 23.1 Å². The van der Waals surface area contributed by atoms with Gasteiger partial charge in [0, 0.05) is 29.3 Å². The first-order chi connectivity index (χ1) is 19.8. The Morgan fingerprint density at radius 2 is 1.85 bits per heavy atom. The summed E-state index contributed by atoms with van der Waals surface area (Å²) >= 11 is 12.2. The number of rotatable bonds is 7. The number of hydroxylamine groups is 3. The maximum atomic E-state index is 13.6. The van der Waals surface area contributed by atoms with Crippen LogP contribution in [0.4, 0.5) is 15.8 Å². The second-order valence-electron chi connectivity index (χ2n) is 9.34. The molecule has 1 saturated heterocycles. The summed E-state index contributed by atoms with van der Waals surface area (Å²) in [5.41, 5.74) is 3.34. The summed E-state index contributed by atoms with van der Waals surface area (Å²) < 4.78 is 16.8. The SMILES string of the molecule is Cn1cc2cc(NC(=O)[C@@H](Cc3ccc(F)cc3)N3CON(c4cc(Cl)ccc4-n4cc(Cl)nn4)CO3)ccc2n1. The van der Waals surface area contributed by atoms with Crippen LogP contribution in [0.5, 0.6) is 0 Å². The van der Waals surface area contributed by atoms with E-state index < -0.39 is 6.04 Å². The average Bonchev–Trinajstić information content (AvgIpc) is 3.56. The zero-order chi connectivity index (χ0) is 28.5. The minimum absolute atomic E-state index is 0.0649. The molecule has 1 fully saturated rings. The van der Waals surface area contributed by atoms with Crippen molar-refractivity contribution in [1.29, 1.82) is 0 Å². The summed E-state index contributed by atoms with van der Waals surface area (Å²) in [6.45, 7) is -0.157. The Hall–Kier alpha value is -4.07. The molecular weight excluding hydrogens is 574 g/mol. The molecule has 1 N–H and O–H groups in total. The molecule has 0 saturated carbocycles. The van der Waals surface area contributed by atoms with Crippen LogP contribution in [0.1, 0.15) is 5.56 Å². The van der Waals surface area contributed by atoms with E-state index in [-0.39, 0.29) is 36.8 Å². The number of benzene rings is 3. The van der Waals surface area contributed by atoms with E-state index in [9.17, 15) is 9.18 Å². The lowest BCUT2D eigenvalue weighted by Gasteiger charge is -2.38. The Balaban J connectivity index is 1.22. The fourth-order valence-electron chi connectivity index (χ4n) is 4.52. The molecule has 3 heterocycles. The molecule has 1 aliphatic rings. The van der Waals surface area contributed by atoms with Gasteiger partial charge < -0.3 is 5.32 Å². The molecule has 1 amide bonds. The number of aryl methyl sites for hydroxylation is 1. The number of amides is 1. The van der Waals surface area contributed by atoms with Gasteiger partial charge in [0.15, 0.2) is 18.6 Å². The third-order valence-corrected chi connectivity index (χ3v) is 6.89. The Labute approximate surface area is 243 Å². The quantitative estimate of drug-likeness (QED) is 0.287. The van der Waals surface area contributed by atoms with Gasteiger partial charge in [-0.3, -0.25) is 19.2 Å². The van der Waals surface area contributed by atoms with Crippen molar-refractivity contribution >= 4 is 51.4 Å². The van der Waals surface area contributed by atoms with Crippen LogP contribution in [0, 0.1) is 5.82 Å². The number of carbonyl (C=O) groups excluding carboxylic acids is 1. The molecule has 1 atom stereocenters. The molecule has 3 aromatic carbocycles. The van der Waals surface area contributed by atoms with Crippen LogP contribution in [0.25, 0.3) is 16.6 Å². The molecule has 0 unspecified atom stereocenters. The molecule has 2 aromatic heterocycles. The van der Waals surface area contributed by atoms with Crippen molar-refractivity contribution < 1.29 is 18.9 Å². The highest BCUT2D eigenvalue weighted by Crippen LogP contribution is 2.30. The van der Waals surface area contributed by atoms with Gasteiger partial charge in [-0.2, -0.15) is 5.10 Å². The van der Waals surface area contributed by atoms with E-state index in [0.717, 1.165) is 16.5 Å². The van der Waals surface area contributed by atoms with Crippen LogP contribution in [0.2, 0.25) is 10.2 Å². The summed E-state index contributed by atoms with van der Waals surface area (Å²) in [4.78, 5) is 25.7. The molecule has 14 heteroatoms. The van der Waals surface area contributed by atoms with Crippen molar-refractivity contribution in [2.24, 2.45) is 7.05 Å². The van der Waals surface area contributed by atoms with Crippen LogP contribution in [-0.2, 0) is 27.9 Å². The first-order valence-corrected chi connectivity index (χ1v) is 13.2. The molecule has 0 radical (unpaired) electrons. The molecule has 11 nitrogen and oxygen atoms in total. The predicted molar refractivity (Wildman–Crippen MR) is 151 cm³/mol. The highest BCUT2D eigenvalue weighted by atomic mass is 35.5. The second kappa shape index (κ2) is 11.4. The fourth-order valence-corrected chi connectivity index (χ4v) is 4.81. The Morgan fingerprint density at radius 1 is 1.02 bits per heavy atom. The normalized spacial score (nSPS) is 14.9. The van der Waals surface area contributed by atoms with Crippen molar-refractivity contribution in [2.75, 3.05) is 23.8 Å². The molecule has 41 heavy (non-hydrogen) atoms. The lowest BCUT2D eigenvalue weighted by atomic mass is 10.0. The van der Waals surface area contributed by atoms with E-state index in [1.165, 1.54) is 26.9 Å². The number of nitrogens with zero attached hydrogens (tertiary/aromatic N) is 7. The van der Waals surface area contributed by atoms with Gasteiger partial charge in [-0.25, -0.2) is 14.1 Å². The average molecular weight is 597 g/mol. The van der Waals surface area contributed by atoms with Crippen LogP contribution < -0.4 is 10.4 Å². The Morgan fingerprint density at radius 3 is 2.59 bits per heavy atom. The molecule has 6 rings (SSSR count). The first kappa shape index (κ1) is 27.1. The standard InChI is InChI=1S/C27H23Cl2FN8O3/c1-35-13-18-11-21(7-8-22(18)33-35)31-27(39)25(10-17-2-5-20(30)6-3-17)38-16-40-37(15-41-38)24-12-19(28)4-9-23(24)36-14-26(29)32-34-36/h2-9,11-14,25H,10,15-16H2,1H3,(H,31,39)/t25-/m1/s1. The summed E-state index contributed by atoms with van der Waals surface area (Å²) in [5.74, 6) is -0.686. The van der Waals surface area contributed by atoms with Crippen molar-refractivity contribution in [1.82, 2.24) is 29.8 Å². The smallest absolute Gasteiger partial charge is 0.244 e.